The summed E-state index contributed by atoms with van der Waals surface area (Å²) >= 11 is 0. The van der Waals surface area contributed by atoms with E-state index in [0.717, 1.165) is 16.5 Å². The summed E-state index contributed by atoms with van der Waals surface area (Å²) in [6.45, 7) is 1.60. The van der Waals surface area contributed by atoms with Crippen LogP contribution in [0.25, 0.3) is 11.0 Å². The van der Waals surface area contributed by atoms with Crippen molar-refractivity contribution in [1.82, 2.24) is 5.32 Å². The van der Waals surface area contributed by atoms with E-state index in [-0.39, 0.29) is 30.8 Å². The third kappa shape index (κ3) is 5.18. The van der Waals surface area contributed by atoms with Gasteiger partial charge in [-0.25, -0.2) is 0 Å². The zero-order valence-electron chi connectivity index (χ0n) is 16.3. The summed E-state index contributed by atoms with van der Waals surface area (Å²) < 4.78 is 22.6. The number of allylic oxidation sites excluding steroid dienone is 1. The molecule has 0 bridgehead atoms. The van der Waals surface area contributed by atoms with E-state index in [9.17, 15) is 4.79 Å². The van der Waals surface area contributed by atoms with E-state index in [2.05, 4.69) is 5.32 Å². The number of para-hydroxylation sites is 1. The number of benzene rings is 1. The molecule has 1 aliphatic carbocycles. The molecule has 2 atom stereocenters. The van der Waals surface area contributed by atoms with Crippen LogP contribution in [0.2, 0.25) is 0 Å². The van der Waals surface area contributed by atoms with E-state index >= 15 is 0 Å². The molecule has 7 nitrogen and oxygen atoms in total. The lowest BCUT2D eigenvalue weighted by atomic mass is 9.92. The minimum absolute atomic E-state index is 0.0242. The Bertz CT molecular complexity index is 856. The minimum Gasteiger partial charge on any atom is -0.464 e. The highest BCUT2D eigenvalue weighted by atomic mass is 16.7. The zero-order valence-corrected chi connectivity index (χ0v) is 16.3. The molecular weight excluding hydrogens is 374 g/mol. The number of fused-ring (bicyclic) bond motifs is 1. The first-order valence-corrected chi connectivity index (χ1v) is 10.2. The van der Waals surface area contributed by atoms with Crippen molar-refractivity contribution < 1.29 is 28.5 Å². The smallest absolute Gasteiger partial charge is 0.286 e. The molecule has 4 rings (SSSR count). The van der Waals surface area contributed by atoms with Gasteiger partial charge in [0.15, 0.2) is 5.76 Å². The van der Waals surface area contributed by atoms with Crippen LogP contribution in [0, 0.1) is 5.92 Å². The fraction of sp³-hybridized carbons (Fsp3) is 0.500. The van der Waals surface area contributed by atoms with Crippen molar-refractivity contribution in [3.05, 3.63) is 47.9 Å². The molecule has 1 amide bonds. The SMILES string of the molecule is O=C(NCC1CC1)C1=C[C@H](c2coc3ccccc23)C[C@H](OCCOCCO)O1. The summed E-state index contributed by atoms with van der Waals surface area (Å²) in [4.78, 5) is 12.6. The second-order valence-electron chi connectivity index (χ2n) is 7.47. The summed E-state index contributed by atoms with van der Waals surface area (Å²) in [5.41, 5.74) is 1.83. The van der Waals surface area contributed by atoms with Crippen molar-refractivity contribution in [1.29, 1.82) is 0 Å². The summed E-state index contributed by atoms with van der Waals surface area (Å²) in [5, 5.41) is 12.8. The van der Waals surface area contributed by atoms with Gasteiger partial charge in [0, 0.05) is 29.8 Å². The number of furan rings is 1. The summed E-state index contributed by atoms with van der Waals surface area (Å²) in [6.07, 6.45) is 5.97. The van der Waals surface area contributed by atoms with Crippen molar-refractivity contribution in [3.63, 3.8) is 0 Å². The Hall–Kier alpha value is -2.35. The number of rotatable bonds is 10. The number of carbonyl (C=O) groups is 1. The molecule has 0 saturated heterocycles. The molecule has 0 radical (unpaired) electrons. The van der Waals surface area contributed by atoms with E-state index in [0.29, 0.717) is 32.1 Å². The van der Waals surface area contributed by atoms with Gasteiger partial charge in [-0.1, -0.05) is 18.2 Å². The number of hydrogen-bond acceptors (Lipinski definition) is 6. The maximum atomic E-state index is 12.6. The second-order valence-corrected chi connectivity index (χ2v) is 7.47. The summed E-state index contributed by atoms with van der Waals surface area (Å²) in [7, 11) is 0. The Balaban J connectivity index is 1.48. The highest BCUT2D eigenvalue weighted by molar-refractivity contribution is 5.92. The maximum Gasteiger partial charge on any atom is 0.286 e. The van der Waals surface area contributed by atoms with Gasteiger partial charge in [-0.2, -0.15) is 0 Å². The lowest BCUT2D eigenvalue weighted by molar-refractivity contribution is -0.151. The van der Waals surface area contributed by atoms with E-state index in [1.165, 1.54) is 12.8 Å². The zero-order chi connectivity index (χ0) is 20.1. The van der Waals surface area contributed by atoms with Gasteiger partial charge < -0.3 is 29.1 Å². The highest BCUT2D eigenvalue weighted by Crippen LogP contribution is 2.36. The molecule has 0 unspecified atom stereocenters. The molecule has 2 heterocycles. The average Bonchev–Trinajstić information content (AvgIpc) is 3.48. The van der Waals surface area contributed by atoms with E-state index in [4.69, 9.17) is 23.7 Å². The second kappa shape index (κ2) is 9.43. The Morgan fingerprint density at radius 3 is 2.90 bits per heavy atom. The number of hydrogen-bond donors (Lipinski definition) is 2. The number of aliphatic hydroxyl groups is 1. The first kappa shape index (κ1) is 19.9. The van der Waals surface area contributed by atoms with Gasteiger partial charge in [0.25, 0.3) is 5.91 Å². The average molecular weight is 401 g/mol. The molecule has 1 aromatic heterocycles. The third-order valence-corrected chi connectivity index (χ3v) is 5.21. The van der Waals surface area contributed by atoms with Gasteiger partial charge in [0.2, 0.25) is 6.29 Å². The Kier molecular flexibility index (Phi) is 6.49. The summed E-state index contributed by atoms with van der Waals surface area (Å²) in [5.74, 6) is 0.609. The van der Waals surface area contributed by atoms with Crippen molar-refractivity contribution >= 4 is 16.9 Å². The van der Waals surface area contributed by atoms with Crippen molar-refractivity contribution in [2.24, 2.45) is 5.92 Å². The molecule has 0 spiro atoms. The number of amides is 1. The third-order valence-electron chi connectivity index (χ3n) is 5.21. The Labute approximate surface area is 169 Å². The number of ether oxygens (including phenoxy) is 3. The molecule has 29 heavy (non-hydrogen) atoms. The highest BCUT2D eigenvalue weighted by Gasteiger charge is 2.31. The van der Waals surface area contributed by atoms with Crippen molar-refractivity contribution in [2.75, 3.05) is 33.0 Å². The molecule has 156 valence electrons. The van der Waals surface area contributed by atoms with E-state index in [1.807, 2.05) is 30.3 Å². The number of carbonyl (C=O) groups excluding carboxylic acids is 1. The largest absolute Gasteiger partial charge is 0.464 e. The van der Waals surface area contributed by atoms with Crippen molar-refractivity contribution in [2.45, 2.75) is 31.5 Å². The van der Waals surface area contributed by atoms with Gasteiger partial charge in [0.05, 0.1) is 32.7 Å². The van der Waals surface area contributed by atoms with Crippen LogP contribution in [-0.2, 0) is 19.0 Å². The Morgan fingerprint density at radius 2 is 2.07 bits per heavy atom. The molecule has 2 aliphatic rings. The number of aliphatic hydroxyl groups excluding tert-OH is 1. The monoisotopic (exact) mass is 401 g/mol. The minimum atomic E-state index is -0.557. The van der Waals surface area contributed by atoms with Gasteiger partial charge in [-0.15, -0.1) is 0 Å². The van der Waals surface area contributed by atoms with Gasteiger partial charge in [-0.3, -0.25) is 4.79 Å². The van der Waals surface area contributed by atoms with Crippen LogP contribution in [0.5, 0.6) is 0 Å². The fourth-order valence-corrected chi connectivity index (χ4v) is 3.47. The maximum absolute atomic E-state index is 12.6. The predicted molar refractivity (Wildman–Crippen MR) is 106 cm³/mol. The predicted octanol–water partition coefficient (Wildman–Crippen LogP) is 2.70. The van der Waals surface area contributed by atoms with Gasteiger partial charge in [-0.05, 0) is 30.9 Å². The fourth-order valence-electron chi connectivity index (χ4n) is 3.47. The topological polar surface area (TPSA) is 90.2 Å². The molecule has 7 heteroatoms. The molecule has 2 N–H and O–H groups in total. The first-order valence-electron chi connectivity index (χ1n) is 10.2. The lowest BCUT2D eigenvalue weighted by Gasteiger charge is -2.29. The van der Waals surface area contributed by atoms with Crippen LogP contribution < -0.4 is 5.32 Å². The van der Waals surface area contributed by atoms with Crippen molar-refractivity contribution in [3.8, 4) is 0 Å². The van der Waals surface area contributed by atoms with Gasteiger partial charge in [0.1, 0.15) is 5.58 Å². The molecule has 1 aliphatic heterocycles. The lowest BCUT2D eigenvalue weighted by Crippen LogP contribution is -2.34. The molecule has 2 aromatic rings. The van der Waals surface area contributed by atoms with E-state index < -0.39 is 6.29 Å². The van der Waals surface area contributed by atoms with Crippen LogP contribution in [0.3, 0.4) is 0 Å². The van der Waals surface area contributed by atoms with E-state index in [1.54, 1.807) is 6.26 Å². The van der Waals surface area contributed by atoms with Crippen LogP contribution in [0.1, 0.15) is 30.7 Å². The van der Waals surface area contributed by atoms with Crippen LogP contribution in [0.15, 0.2) is 46.8 Å². The molecule has 1 fully saturated rings. The normalized spacial score (nSPS) is 21.6. The summed E-state index contributed by atoms with van der Waals surface area (Å²) in [6, 6.07) is 7.85. The van der Waals surface area contributed by atoms with Crippen LogP contribution >= 0.6 is 0 Å². The quantitative estimate of drug-likeness (QED) is 0.595. The Morgan fingerprint density at radius 1 is 1.21 bits per heavy atom. The van der Waals surface area contributed by atoms with Crippen LogP contribution in [-0.4, -0.2) is 50.3 Å². The molecular formula is C22H27NO6. The van der Waals surface area contributed by atoms with Crippen LogP contribution in [0.4, 0.5) is 0 Å². The molecule has 1 aromatic carbocycles. The first-order chi connectivity index (χ1) is 14.2. The number of nitrogens with one attached hydrogen (secondary N) is 1. The standard InChI is InChI=1S/C22H27NO6/c24-7-8-26-9-10-27-21-12-16(18-14-28-19-4-2-1-3-17(18)19)11-20(29-21)22(25)23-13-15-5-6-15/h1-4,11,14-16,21,24H,5-10,12-13H2,(H,23,25)/t16-,21+/m0/s1. The molecule has 1 saturated carbocycles. The van der Waals surface area contributed by atoms with Gasteiger partial charge >= 0.3 is 0 Å².